The third-order valence-corrected chi connectivity index (χ3v) is 3.24. The first kappa shape index (κ1) is 14.0. The molecule has 1 unspecified atom stereocenters. The van der Waals surface area contributed by atoms with Gasteiger partial charge in [-0.1, -0.05) is 18.2 Å². The van der Waals surface area contributed by atoms with E-state index in [1.165, 1.54) is 11.8 Å². The minimum Gasteiger partial charge on any atom is -0.480 e. The lowest BCUT2D eigenvalue weighted by Gasteiger charge is -2.29. The standard InChI is InChI=1S/C14H16N2O4/c1-9(14(19)20)15-12(17)8-16-11-5-3-2-4-10(11)6-7-13(16)18/h2-5,9H,6-8H2,1H3,(H,15,17)(H,19,20). The average Bonchev–Trinajstić information content (AvgIpc) is 2.42. The van der Waals surface area contributed by atoms with Gasteiger partial charge in [-0.05, 0) is 25.0 Å². The number of benzene rings is 1. The molecule has 2 amide bonds. The van der Waals surface area contributed by atoms with Crippen molar-refractivity contribution in [2.45, 2.75) is 25.8 Å². The number of hydrogen-bond acceptors (Lipinski definition) is 3. The molecule has 2 N–H and O–H groups in total. The van der Waals surface area contributed by atoms with Crippen LogP contribution in [0.1, 0.15) is 18.9 Å². The molecule has 106 valence electrons. The van der Waals surface area contributed by atoms with E-state index in [-0.39, 0.29) is 12.5 Å². The number of rotatable bonds is 4. The fourth-order valence-electron chi connectivity index (χ4n) is 2.16. The summed E-state index contributed by atoms with van der Waals surface area (Å²) in [6, 6.07) is 6.44. The molecule has 0 bridgehead atoms. The van der Waals surface area contributed by atoms with Crippen molar-refractivity contribution in [2.24, 2.45) is 0 Å². The summed E-state index contributed by atoms with van der Waals surface area (Å²) in [5.74, 6) is -1.71. The van der Waals surface area contributed by atoms with Gasteiger partial charge in [0.25, 0.3) is 0 Å². The predicted molar refractivity (Wildman–Crippen MR) is 72.4 cm³/mol. The summed E-state index contributed by atoms with van der Waals surface area (Å²) in [7, 11) is 0. The highest BCUT2D eigenvalue weighted by atomic mass is 16.4. The van der Waals surface area contributed by atoms with E-state index in [4.69, 9.17) is 5.11 Å². The number of anilines is 1. The molecule has 1 aliphatic rings. The summed E-state index contributed by atoms with van der Waals surface area (Å²) in [6.45, 7) is 1.22. The fraction of sp³-hybridized carbons (Fsp3) is 0.357. The molecule has 6 nitrogen and oxygen atoms in total. The van der Waals surface area contributed by atoms with Gasteiger partial charge in [-0.25, -0.2) is 0 Å². The lowest BCUT2D eigenvalue weighted by Crippen LogP contribution is -2.47. The van der Waals surface area contributed by atoms with Crippen molar-refractivity contribution in [1.82, 2.24) is 5.32 Å². The predicted octanol–water partition coefficient (Wildman–Crippen LogP) is 0.555. The molecule has 1 atom stereocenters. The van der Waals surface area contributed by atoms with Gasteiger partial charge in [-0.2, -0.15) is 0 Å². The molecular weight excluding hydrogens is 260 g/mol. The molecule has 1 aliphatic heterocycles. The number of carboxylic acid groups (broad SMARTS) is 1. The summed E-state index contributed by atoms with van der Waals surface area (Å²) < 4.78 is 0. The topological polar surface area (TPSA) is 86.7 Å². The molecule has 0 fully saturated rings. The highest BCUT2D eigenvalue weighted by Crippen LogP contribution is 2.26. The van der Waals surface area contributed by atoms with Crippen molar-refractivity contribution >= 4 is 23.5 Å². The highest BCUT2D eigenvalue weighted by Gasteiger charge is 2.26. The maximum absolute atomic E-state index is 11.9. The summed E-state index contributed by atoms with van der Waals surface area (Å²) in [5.41, 5.74) is 1.74. The molecule has 2 rings (SSSR count). The molecule has 0 spiro atoms. The first-order valence-electron chi connectivity index (χ1n) is 6.39. The van der Waals surface area contributed by atoms with Gasteiger partial charge in [0.1, 0.15) is 12.6 Å². The van der Waals surface area contributed by atoms with Crippen LogP contribution >= 0.6 is 0 Å². The third kappa shape index (κ3) is 2.96. The van der Waals surface area contributed by atoms with Gasteiger partial charge in [0, 0.05) is 12.1 Å². The highest BCUT2D eigenvalue weighted by molar-refractivity contribution is 6.01. The van der Waals surface area contributed by atoms with E-state index in [0.29, 0.717) is 12.8 Å². The lowest BCUT2D eigenvalue weighted by molar-refractivity contribution is -0.141. The number of aryl methyl sites for hydroxylation is 1. The molecule has 0 aliphatic carbocycles. The van der Waals surface area contributed by atoms with Gasteiger partial charge in [-0.3, -0.25) is 14.4 Å². The minimum absolute atomic E-state index is 0.123. The molecule has 1 aromatic rings. The number of nitrogens with zero attached hydrogens (tertiary/aromatic N) is 1. The van der Waals surface area contributed by atoms with Gasteiger partial charge in [0.05, 0.1) is 0 Å². The first-order valence-corrected chi connectivity index (χ1v) is 6.39. The van der Waals surface area contributed by atoms with Crippen molar-refractivity contribution in [1.29, 1.82) is 0 Å². The smallest absolute Gasteiger partial charge is 0.325 e. The number of fused-ring (bicyclic) bond motifs is 1. The Morgan fingerprint density at radius 3 is 2.75 bits per heavy atom. The monoisotopic (exact) mass is 276 g/mol. The van der Waals surface area contributed by atoms with Crippen LogP contribution in [0.15, 0.2) is 24.3 Å². The first-order chi connectivity index (χ1) is 9.49. The Hall–Kier alpha value is -2.37. The molecule has 0 saturated heterocycles. The molecular formula is C14H16N2O4. The number of carbonyl (C=O) groups excluding carboxylic acids is 2. The van der Waals surface area contributed by atoms with Crippen LogP contribution in [-0.2, 0) is 20.8 Å². The Labute approximate surface area is 116 Å². The van der Waals surface area contributed by atoms with Crippen molar-refractivity contribution in [2.75, 3.05) is 11.4 Å². The van der Waals surface area contributed by atoms with Gasteiger partial charge < -0.3 is 15.3 Å². The molecule has 0 saturated carbocycles. The van der Waals surface area contributed by atoms with E-state index >= 15 is 0 Å². The largest absolute Gasteiger partial charge is 0.480 e. The quantitative estimate of drug-likeness (QED) is 0.841. The Bertz CT molecular complexity index is 556. The van der Waals surface area contributed by atoms with E-state index in [1.807, 2.05) is 18.2 Å². The van der Waals surface area contributed by atoms with Crippen LogP contribution in [0.2, 0.25) is 0 Å². The second kappa shape index (κ2) is 5.73. The molecule has 1 heterocycles. The summed E-state index contributed by atoms with van der Waals surface area (Å²) in [5, 5.41) is 11.1. The third-order valence-electron chi connectivity index (χ3n) is 3.24. The van der Waals surface area contributed by atoms with Crippen LogP contribution in [0.5, 0.6) is 0 Å². The van der Waals surface area contributed by atoms with Crippen molar-refractivity contribution < 1.29 is 19.5 Å². The number of para-hydroxylation sites is 1. The average molecular weight is 276 g/mol. The Morgan fingerprint density at radius 1 is 1.35 bits per heavy atom. The number of aliphatic carboxylic acids is 1. The van der Waals surface area contributed by atoms with Crippen molar-refractivity contribution in [3.05, 3.63) is 29.8 Å². The number of hydrogen-bond donors (Lipinski definition) is 2. The van der Waals surface area contributed by atoms with Gasteiger partial charge in [0.15, 0.2) is 0 Å². The van der Waals surface area contributed by atoms with E-state index in [0.717, 1.165) is 11.3 Å². The maximum Gasteiger partial charge on any atom is 0.325 e. The van der Waals surface area contributed by atoms with E-state index < -0.39 is 17.9 Å². The van der Waals surface area contributed by atoms with E-state index in [1.54, 1.807) is 6.07 Å². The number of nitrogens with one attached hydrogen (secondary N) is 1. The molecule has 1 aromatic carbocycles. The fourth-order valence-corrected chi connectivity index (χ4v) is 2.16. The Morgan fingerprint density at radius 2 is 2.05 bits per heavy atom. The van der Waals surface area contributed by atoms with Gasteiger partial charge in [0.2, 0.25) is 11.8 Å². The second-order valence-corrected chi connectivity index (χ2v) is 4.74. The van der Waals surface area contributed by atoms with Crippen LogP contribution < -0.4 is 10.2 Å². The maximum atomic E-state index is 11.9. The number of carbonyl (C=O) groups is 3. The summed E-state index contributed by atoms with van der Waals surface area (Å²) in [4.78, 5) is 35.9. The zero-order valence-corrected chi connectivity index (χ0v) is 11.1. The molecule has 0 aromatic heterocycles. The van der Waals surface area contributed by atoms with Crippen molar-refractivity contribution in [3.63, 3.8) is 0 Å². The Balaban J connectivity index is 2.11. The normalized spacial score (nSPS) is 15.4. The van der Waals surface area contributed by atoms with E-state index in [9.17, 15) is 14.4 Å². The molecule has 0 radical (unpaired) electrons. The SMILES string of the molecule is CC(NC(=O)CN1C(=O)CCc2ccccc21)C(=O)O. The van der Waals surface area contributed by atoms with Crippen LogP contribution in [0, 0.1) is 0 Å². The molecule has 20 heavy (non-hydrogen) atoms. The number of amides is 2. The van der Waals surface area contributed by atoms with Crippen LogP contribution in [0.4, 0.5) is 5.69 Å². The van der Waals surface area contributed by atoms with E-state index in [2.05, 4.69) is 5.32 Å². The minimum atomic E-state index is -1.11. The summed E-state index contributed by atoms with van der Waals surface area (Å²) >= 11 is 0. The van der Waals surface area contributed by atoms with Crippen LogP contribution in [0.3, 0.4) is 0 Å². The van der Waals surface area contributed by atoms with Gasteiger partial charge in [-0.15, -0.1) is 0 Å². The van der Waals surface area contributed by atoms with Crippen molar-refractivity contribution in [3.8, 4) is 0 Å². The van der Waals surface area contributed by atoms with Gasteiger partial charge >= 0.3 is 5.97 Å². The zero-order valence-electron chi connectivity index (χ0n) is 11.1. The molecule has 6 heteroatoms. The second-order valence-electron chi connectivity index (χ2n) is 4.74. The van der Waals surface area contributed by atoms with Crippen LogP contribution in [-0.4, -0.2) is 35.5 Å². The summed E-state index contributed by atoms with van der Waals surface area (Å²) in [6.07, 6.45) is 1.03. The lowest BCUT2D eigenvalue weighted by atomic mass is 10.0. The zero-order chi connectivity index (χ0) is 14.7. The Kier molecular flexibility index (Phi) is 4.02. The number of carboxylic acids is 1. The van der Waals surface area contributed by atoms with Crippen LogP contribution in [0.25, 0.3) is 0 Å².